The molecule has 0 amide bonds. The fourth-order valence-electron chi connectivity index (χ4n) is 1.69. The van der Waals surface area contributed by atoms with E-state index in [1.807, 2.05) is 0 Å². The molecule has 0 heterocycles. The molecule has 20 heavy (non-hydrogen) atoms. The van der Waals surface area contributed by atoms with Gasteiger partial charge in [-0.05, 0) is 12.1 Å². The first-order valence-electron chi connectivity index (χ1n) is 5.66. The number of methoxy groups -OCH3 is 3. The van der Waals surface area contributed by atoms with Crippen molar-refractivity contribution in [1.82, 2.24) is 0 Å². The van der Waals surface area contributed by atoms with Gasteiger partial charge in [-0.2, -0.15) is 0 Å². The molecule has 0 bridgehead atoms. The number of alkyl halides is 2. The number of aliphatic hydroxyl groups excluding tert-OH is 1. The van der Waals surface area contributed by atoms with Gasteiger partial charge < -0.3 is 19.3 Å². The van der Waals surface area contributed by atoms with Crippen molar-refractivity contribution in [2.75, 3.05) is 21.3 Å². The predicted octanol–water partition coefficient (Wildman–Crippen LogP) is 2.02. The van der Waals surface area contributed by atoms with Crippen LogP contribution in [0.2, 0.25) is 0 Å². The maximum atomic E-state index is 13.4. The molecule has 0 radical (unpaired) electrons. The maximum absolute atomic E-state index is 13.4. The van der Waals surface area contributed by atoms with Crippen LogP contribution < -0.4 is 9.47 Å². The summed E-state index contributed by atoms with van der Waals surface area (Å²) in [6, 6.07) is 2.08. The minimum atomic E-state index is -3.16. The number of hydrogen-bond donors (Lipinski definition) is 1. The summed E-state index contributed by atoms with van der Waals surface area (Å²) in [5.74, 6) is -4.16. The van der Waals surface area contributed by atoms with Gasteiger partial charge in [0.15, 0.2) is 17.6 Å². The van der Waals surface area contributed by atoms with Crippen molar-refractivity contribution < 1.29 is 32.9 Å². The SMILES string of the molecule is COC(=O)C(O)c1cc(C(C)(F)F)cc(OC)c1OC. The van der Waals surface area contributed by atoms with E-state index in [1.54, 1.807) is 0 Å². The molecule has 0 aliphatic rings. The van der Waals surface area contributed by atoms with Crippen molar-refractivity contribution in [2.45, 2.75) is 19.0 Å². The van der Waals surface area contributed by atoms with Crippen LogP contribution in [0.15, 0.2) is 12.1 Å². The Hall–Kier alpha value is -1.89. The van der Waals surface area contributed by atoms with Crippen molar-refractivity contribution in [3.8, 4) is 11.5 Å². The van der Waals surface area contributed by atoms with E-state index < -0.39 is 23.6 Å². The molecule has 0 saturated carbocycles. The van der Waals surface area contributed by atoms with Gasteiger partial charge >= 0.3 is 5.97 Å². The Labute approximate surface area is 115 Å². The monoisotopic (exact) mass is 290 g/mol. The zero-order chi connectivity index (χ0) is 15.5. The molecule has 0 aromatic heterocycles. The molecule has 1 rings (SSSR count). The average molecular weight is 290 g/mol. The van der Waals surface area contributed by atoms with E-state index >= 15 is 0 Å². The predicted molar refractivity (Wildman–Crippen MR) is 66.1 cm³/mol. The zero-order valence-electron chi connectivity index (χ0n) is 11.6. The lowest BCUT2D eigenvalue weighted by molar-refractivity contribution is -0.150. The highest BCUT2D eigenvalue weighted by molar-refractivity contribution is 5.78. The van der Waals surface area contributed by atoms with Crippen LogP contribution in [0.1, 0.15) is 24.2 Å². The van der Waals surface area contributed by atoms with Crippen LogP contribution in [-0.4, -0.2) is 32.4 Å². The Balaban J connectivity index is 3.50. The standard InChI is InChI=1S/C13H16F2O5/c1-13(14,15)7-5-8(10(16)12(17)20-4)11(19-3)9(6-7)18-2/h5-6,10,16H,1-4H3. The molecular weight excluding hydrogens is 274 g/mol. The van der Waals surface area contributed by atoms with Gasteiger partial charge in [0.25, 0.3) is 5.92 Å². The molecule has 1 unspecified atom stereocenters. The second-order valence-electron chi connectivity index (χ2n) is 4.12. The lowest BCUT2D eigenvalue weighted by Gasteiger charge is -2.19. The van der Waals surface area contributed by atoms with Gasteiger partial charge in [0.05, 0.1) is 21.3 Å². The molecule has 0 aliphatic carbocycles. The number of aliphatic hydroxyl groups is 1. The number of hydrogen-bond acceptors (Lipinski definition) is 5. The largest absolute Gasteiger partial charge is 0.493 e. The van der Waals surface area contributed by atoms with Gasteiger partial charge in [-0.25, -0.2) is 13.6 Å². The second-order valence-corrected chi connectivity index (χ2v) is 4.12. The normalized spacial score (nSPS) is 12.8. The van der Waals surface area contributed by atoms with Crippen molar-refractivity contribution in [2.24, 2.45) is 0 Å². The van der Waals surface area contributed by atoms with E-state index in [9.17, 15) is 18.7 Å². The van der Waals surface area contributed by atoms with E-state index in [2.05, 4.69) is 4.74 Å². The Morgan fingerprint density at radius 1 is 1.25 bits per heavy atom. The van der Waals surface area contributed by atoms with Crippen molar-refractivity contribution in [3.05, 3.63) is 23.3 Å². The lowest BCUT2D eigenvalue weighted by atomic mass is 10.0. The number of carbonyl (C=O) groups excluding carboxylic acids is 1. The third-order valence-electron chi connectivity index (χ3n) is 2.73. The molecule has 0 aliphatic heterocycles. The third kappa shape index (κ3) is 3.16. The summed E-state index contributed by atoms with van der Waals surface area (Å²) in [5.41, 5.74) is -0.552. The molecule has 1 aromatic rings. The Morgan fingerprint density at radius 3 is 2.25 bits per heavy atom. The highest BCUT2D eigenvalue weighted by atomic mass is 19.3. The first-order valence-corrected chi connectivity index (χ1v) is 5.66. The summed E-state index contributed by atoms with van der Waals surface area (Å²) >= 11 is 0. The van der Waals surface area contributed by atoms with Gasteiger partial charge in [-0.1, -0.05) is 0 Å². The van der Waals surface area contributed by atoms with Crippen LogP contribution in [-0.2, 0) is 15.5 Å². The molecule has 0 fully saturated rings. The van der Waals surface area contributed by atoms with Crippen LogP contribution in [0.25, 0.3) is 0 Å². The van der Waals surface area contributed by atoms with E-state index in [1.165, 1.54) is 14.2 Å². The van der Waals surface area contributed by atoms with Crippen LogP contribution in [0.3, 0.4) is 0 Å². The second kappa shape index (κ2) is 6.04. The Morgan fingerprint density at radius 2 is 1.85 bits per heavy atom. The highest BCUT2D eigenvalue weighted by Gasteiger charge is 2.31. The van der Waals surface area contributed by atoms with Gasteiger partial charge in [0, 0.05) is 18.1 Å². The molecule has 1 N–H and O–H groups in total. The van der Waals surface area contributed by atoms with E-state index in [0.29, 0.717) is 6.92 Å². The first-order chi connectivity index (χ1) is 9.26. The number of benzene rings is 1. The fraction of sp³-hybridized carbons (Fsp3) is 0.462. The number of halogens is 2. The summed E-state index contributed by atoms with van der Waals surface area (Å²) in [4.78, 5) is 11.4. The zero-order valence-corrected chi connectivity index (χ0v) is 11.6. The van der Waals surface area contributed by atoms with Gasteiger partial charge in [0.2, 0.25) is 0 Å². The molecule has 7 heteroatoms. The topological polar surface area (TPSA) is 65.0 Å². The van der Waals surface area contributed by atoms with Crippen molar-refractivity contribution in [3.63, 3.8) is 0 Å². The van der Waals surface area contributed by atoms with Crippen LogP contribution in [0.5, 0.6) is 11.5 Å². The third-order valence-corrected chi connectivity index (χ3v) is 2.73. The quantitative estimate of drug-likeness (QED) is 0.840. The van der Waals surface area contributed by atoms with E-state index in [4.69, 9.17) is 9.47 Å². The number of carbonyl (C=O) groups is 1. The smallest absolute Gasteiger partial charge is 0.339 e. The van der Waals surface area contributed by atoms with Crippen molar-refractivity contribution in [1.29, 1.82) is 0 Å². The summed E-state index contributed by atoms with van der Waals surface area (Å²) in [6.45, 7) is 0.697. The Bertz CT molecular complexity index is 496. The molecule has 0 saturated heterocycles. The van der Waals surface area contributed by atoms with Gasteiger partial charge in [-0.3, -0.25) is 0 Å². The summed E-state index contributed by atoms with van der Waals surface area (Å²) < 4.78 is 41.2. The van der Waals surface area contributed by atoms with Crippen LogP contribution >= 0.6 is 0 Å². The summed E-state index contributed by atoms with van der Waals surface area (Å²) in [6.07, 6.45) is -1.74. The minimum Gasteiger partial charge on any atom is -0.493 e. The number of rotatable bonds is 5. The fourth-order valence-corrected chi connectivity index (χ4v) is 1.69. The van der Waals surface area contributed by atoms with E-state index in [-0.39, 0.29) is 17.1 Å². The maximum Gasteiger partial charge on any atom is 0.339 e. The van der Waals surface area contributed by atoms with Crippen LogP contribution in [0.4, 0.5) is 8.78 Å². The number of esters is 1. The van der Waals surface area contributed by atoms with Crippen molar-refractivity contribution >= 4 is 5.97 Å². The Kier molecular flexibility index (Phi) is 4.88. The molecule has 112 valence electrons. The molecule has 0 spiro atoms. The summed E-state index contributed by atoms with van der Waals surface area (Å²) in [5, 5.41) is 9.86. The summed E-state index contributed by atoms with van der Waals surface area (Å²) in [7, 11) is 3.62. The molecular formula is C13H16F2O5. The molecule has 1 atom stereocenters. The number of ether oxygens (including phenoxy) is 3. The first kappa shape index (κ1) is 16.2. The van der Waals surface area contributed by atoms with E-state index in [0.717, 1.165) is 19.2 Å². The average Bonchev–Trinajstić information content (AvgIpc) is 2.42. The molecule has 1 aromatic carbocycles. The molecule has 5 nitrogen and oxygen atoms in total. The minimum absolute atomic E-state index is 0.00148. The lowest BCUT2D eigenvalue weighted by Crippen LogP contribution is -2.17. The van der Waals surface area contributed by atoms with Gasteiger partial charge in [0.1, 0.15) is 0 Å². The highest BCUT2D eigenvalue weighted by Crippen LogP contribution is 2.40. The van der Waals surface area contributed by atoms with Crippen LogP contribution in [0, 0.1) is 0 Å². The van der Waals surface area contributed by atoms with Gasteiger partial charge in [-0.15, -0.1) is 0 Å².